The molecule has 7 heteroatoms. The molecule has 6 nitrogen and oxygen atoms in total. The first-order chi connectivity index (χ1) is 13.0. The number of alkyl halides is 1. The summed E-state index contributed by atoms with van der Waals surface area (Å²) in [5.74, 6) is -0.723. The van der Waals surface area contributed by atoms with Crippen LogP contribution in [0.25, 0.3) is 0 Å². The Morgan fingerprint density at radius 3 is 2.44 bits per heavy atom. The molecule has 0 aliphatic rings. The van der Waals surface area contributed by atoms with Crippen molar-refractivity contribution in [2.24, 2.45) is 0 Å². The number of hydrogen-bond acceptors (Lipinski definition) is 4. The normalized spacial score (nSPS) is 10.5. The highest BCUT2D eigenvalue weighted by molar-refractivity contribution is 6.07. The van der Waals surface area contributed by atoms with Gasteiger partial charge in [-0.1, -0.05) is 23.4 Å². The topological polar surface area (TPSA) is 84.2 Å². The Morgan fingerprint density at radius 1 is 1.00 bits per heavy atom. The van der Waals surface area contributed by atoms with Crippen molar-refractivity contribution in [1.82, 2.24) is 5.16 Å². The highest BCUT2D eigenvalue weighted by Gasteiger charge is 2.15. The molecule has 0 atom stereocenters. The second-order valence-corrected chi connectivity index (χ2v) is 6.10. The second kappa shape index (κ2) is 7.82. The van der Waals surface area contributed by atoms with E-state index in [1.54, 1.807) is 56.3 Å². The first-order valence-corrected chi connectivity index (χ1v) is 8.28. The number of nitrogens with zero attached hydrogens (tertiary/aromatic N) is 1. The molecule has 1 heterocycles. The van der Waals surface area contributed by atoms with Gasteiger partial charge < -0.3 is 15.2 Å². The molecule has 0 bridgehead atoms. The molecule has 2 N–H and O–H groups in total. The van der Waals surface area contributed by atoms with Gasteiger partial charge in [-0.25, -0.2) is 4.39 Å². The Balaban J connectivity index is 1.78. The average Bonchev–Trinajstić information content (AvgIpc) is 3.10. The van der Waals surface area contributed by atoms with Gasteiger partial charge in [0.15, 0.2) is 0 Å². The summed E-state index contributed by atoms with van der Waals surface area (Å²) in [4.78, 5) is 24.8. The number of benzene rings is 2. The van der Waals surface area contributed by atoms with Crippen LogP contribution < -0.4 is 10.6 Å². The van der Waals surface area contributed by atoms with Crippen LogP contribution in [0.3, 0.4) is 0 Å². The van der Waals surface area contributed by atoms with E-state index in [0.717, 1.165) is 5.56 Å². The van der Waals surface area contributed by atoms with E-state index in [0.29, 0.717) is 28.2 Å². The Morgan fingerprint density at radius 2 is 1.74 bits per heavy atom. The number of hydrogen-bond donors (Lipinski definition) is 2. The van der Waals surface area contributed by atoms with E-state index in [1.165, 1.54) is 6.07 Å². The summed E-state index contributed by atoms with van der Waals surface area (Å²) in [6.07, 6.45) is 0. The van der Waals surface area contributed by atoms with Gasteiger partial charge in [0.05, 0.1) is 5.69 Å². The second-order valence-electron chi connectivity index (χ2n) is 6.10. The fourth-order valence-electron chi connectivity index (χ4n) is 2.54. The predicted molar refractivity (Wildman–Crippen MR) is 99.6 cm³/mol. The van der Waals surface area contributed by atoms with Crippen molar-refractivity contribution in [2.45, 2.75) is 20.5 Å². The van der Waals surface area contributed by atoms with Crippen molar-refractivity contribution >= 4 is 23.2 Å². The molecule has 3 aromatic rings. The molecule has 0 radical (unpaired) electrons. The Hall–Kier alpha value is -3.48. The molecule has 0 saturated carbocycles. The number of aryl methyl sites for hydroxylation is 2. The van der Waals surface area contributed by atoms with Gasteiger partial charge in [-0.05, 0) is 49.2 Å². The largest absolute Gasteiger partial charge is 0.351 e. The summed E-state index contributed by atoms with van der Waals surface area (Å²) in [7, 11) is 0. The molecule has 0 spiro atoms. The predicted octanol–water partition coefficient (Wildman–Crippen LogP) is 4.27. The van der Waals surface area contributed by atoms with E-state index in [-0.39, 0.29) is 11.7 Å². The maximum absolute atomic E-state index is 12.8. The van der Waals surface area contributed by atoms with Gasteiger partial charge in [-0.2, -0.15) is 0 Å². The fourth-order valence-corrected chi connectivity index (χ4v) is 2.54. The Bertz CT molecular complexity index is 998. The number of aromatic nitrogens is 1. The van der Waals surface area contributed by atoms with Crippen molar-refractivity contribution in [3.63, 3.8) is 0 Å². The molecule has 138 valence electrons. The van der Waals surface area contributed by atoms with Gasteiger partial charge in [0.25, 0.3) is 11.8 Å². The van der Waals surface area contributed by atoms with Crippen LogP contribution in [0.5, 0.6) is 0 Å². The molecule has 0 saturated heterocycles. The van der Waals surface area contributed by atoms with E-state index in [4.69, 9.17) is 4.52 Å². The van der Waals surface area contributed by atoms with Gasteiger partial charge in [-0.15, -0.1) is 0 Å². The first kappa shape index (κ1) is 18.3. The SMILES string of the molecule is Cc1cc(C(=O)Nc2ccc(C)c(C(=O)Nc3cccc(CF)c3)c2)on1. The lowest BCUT2D eigenvalue weighted by atomic mass is 10.1. The van der Waals surface area contributed by atoms with Gasteiger partial charge in [-0.3, -0.25) is 9.59 Å². The van der Waals surface area contributed by atoms with Crippen LogP contribution in [0, 0.1) is 13.8 Å². The molecule has 0 aliphatic carbocycles. The highest BCUT2D eigenvalue weighted by atomic mass is 19.1. The third-order valence-electron chi connectivity index (χ3n) is 3.93. The minimum atomic E-state index is -0.606. The van der Waals surface area contributed by atoms with Crippen molar-refractivity contribution < 1.29 is 18.5 Å². The summed E-state index contributed by atoms with van der Waals surface area (Å²) >= 11 is 0. The molecule has 2 amide bonds. The minimum Gasteiger partial charge on any atom is -0.351 e. The number of anilines is 2. The van der Waals surface area contributed by atoms with E-state index in [2.05, 4.69) is 15.8 Å². The zero-order valence-corrected chi connectivity index (χ0v) is 14.9. The van der Waals surface area contributed by atoms with Crippen LogP contribution in [0.4, 0.5) is 15.8 Å². The number of nitrogens with one attached hydrogen (secondary N) is 2. The molecule has 3 rings (SSSR count). The summed E-state index contributed by atoms with van der Waals surface area (Å²) in [5.41, 5.74) is 3.16. The lowest BCUT2D eigenvalue weighted by Crippen LogP contribution is -2.15. The summed E-state index contributed by atoms with van der Waals surface area (Å²) in [5, 5.41) is 9.09. The molecule has 27 heavy (non-hydrogen) atoms. The number of carbonyl (C=O) groups excluding carboxylic acids is 2. The quantitative estimate of drug-likeness (QED) is 0.705. The van der Waals surface area contributed by atoms with Crippen molar-refractivity contribution in [2.75, 3.05) is 10.6 Å². The maximum Gasteiger partial charge on any atom is 0.294 e. The highest BCUT2D eigenvalue weighted by Crippen LogP contribution is 2.19. The molecule has 0 fully saturated rings. The Kier molecular flexibility index (Phi) is 5.30. The van der Waals surface area contributed by atoms with Crippen molar-refractivity contribution in [3.05, 3.63) is 76.7 Å². The van der Waals surface area contributed by atoms with Crippen molar-refractivity contribution in [1.29, 1.82) is 0 Å². The molecular weight excluding hydrogens is 349 g/mol. The van der Waals surface area contributed by atoms with E-state index < -0.39 is 12.6 Å². The zero-order chi connectivity index (χ0) is 19.4. The number of halogens is 1. The summed E-state index contributed by atoms with van der Waals surface area (Å²) in [6.45, 7) is 2.90. The monoisotopic (exact) mass is 367 g/mol. The smallest absolute Gasteiger partial charge is 0.294 e. The van der Waals surface area contributed by atoms with Gasteiger partial charge >= 0.3 is 0 Å². The fraction of sp³-hybridized carbons (Fsp3) is 0.150. The van der Waals surface area contributed by atoms with Crippen LogP contribution in [0.1, 0.15) is 37.7 Å². The number of rotatable bonds is 5. The number of amides is 2. The third-order valence-corrected chi connectivity index (χ3v) is 3.93. The average molecular weight is 367 g/mol. The van der Waals surface area contributed by atoms with E-state index in [1.807, 2.05) is 0 Å². The van der Waals surface area contributed by atoms with Crippen LogP contribution >= 0.6 is 0 Å². The van der Waals surface area contributed by atoms with Crippen LogP contribution in [0.15, 0.2) is 53.1 Å². The molecule has 0 unspecified atom stereocenters. The molecule has 2 aromatic carbocycles. The zero-order valence-electron chi connectivity index (χ0n) is 14.9. The minimum absolute atomic E-state index is 0.0853. The lowest BCUT2D eigenvalue weighted by molar-refractivity contribution is 0.0985. The summed E-state index contributed by atoms with van der Waals surface area (Å²) in [6, 6.07) is 13.1. The van der Waals surface area contributed by atoms with Gasteiger partial charge in [0.1, 0.15) is 6.67 Å². The summed E-state index contributed by atoms with van der Waals surface area (Å²) < 4.78 is 17.7. The number of carbonyl (C=O) groups is 2. The third kappa shape index (κ3) is 4.38. The van der Waals surface area contributed by atoms with Gasteiger partial charge in [0, 0.05) is 23.0 Å². The van der Waals surface area contributed by atoms with Gasteiger partial charge in [0.2, 0.25) is 5.76 Å². The van der Waals surface area contributed by atoms with E-state index >= 15 is 0 Å². The first-order valence-electron chi connectivity index (χ1n) is 8.28. The van der Waals surface area contributed by atoms with Crippen LogP contribution in [-0.4, -0.2) is 17.0 Å². The van der Waals surface area contributed by atoms with Crippen LogP contribution in [-0.2, 0) is 6.67 Å². The lowest BCUT2D eigenvalue weighted by Gasteiger charge is -2.11. The molecule has 1 aromatic heterocycles. The standard InChI is InChI=1S/C20H18FN3O3/c1-12-6-7-16(23-20(26)18-8-13(2)24-27-18)10-17(12)19(25)22-15-5-3-4-14(9-15)11-21/h3-10H,11H2,1-2H3,(H,22,25)(H,23,26). The molecule has 0 aliphatic heterocycles. The Labute approximate surface area is 155 Å². The maximum atomic E-state index is 12.8. The van der Waals surface area contributed by atoms with E-state index in [9.17, 15) is 14.0 Å². The van der Waals surface area contributed by atoms with Crippen molar-refractivity contribution in [3.8, 4) is 0 Å². The molecular formula is C20H18FN3O3. The van der Waals surface area contributed by atoms with Crippen LogP contribution in [0.2, 0.25) is 0 Å².